The smallest absolute Gasteiger partial charge is 0.221 e. The normalized spacial score (nSPS) is 10.4. The van der Waals surface area contributed by atoms with Gasteiger partial charge in [-0.25, -0.2) is 0 Å². The van der Waals surface area contributed by atoms with E-state index in [4.69, 9.17) is 5.73 Å². The molecule has 1 amide bonds. The predicted octanol–water partition coefficient (Wildman–Crippen LogP) is 1.66. The molecule has 100 valence electrons. The zero-order valence-electron chi connectivity index (χ0n) is 11.0. The van der Waals surface area contributed by atoms with Gasteiger partial charge in [-0.1, -0.05) is 12.1 Å². The molecule has 0 radical (unpaired) electrons. The summed E-state index contributed by atoms with van der Waals surface area (Å²) in [6.45, 7) is 3.15. The van der Waals surface area contributed by atoms with Crippen LogP contribution in [0.2, 0.25) is 0 Å². The Morgan fingerprint density at radius 1 is 1.32 bits per heavy atom. The molecule has 0 aliphatic carbocycles. The molecule has 0 saturated carbocycles. The number of amides is 1. The monoisotopic (exact) mass is 258 g/mol. The molecule has 0 aliphatic rings. The number of aromatic nitrogens is 2. The second-order valence-corrected chi connectivity index (χ2v) is 4.32. The van der Waals surface area contributed by atoms with Crippen LogP contribution >= 0.6 is 0 Å². The number of nitrogens with one attached hydrogen (secondary N) is 1. The maximum absolute atomic E-state index is 11.4. The fourth-order valence-electron chi connectivity index (χ4n) is 1.81. The van der Waals surface area contributed by atoms with Crippen LogP contribution < -0.4 is 11.1 Å². The Morgan fingerprint density at radius 2 is 2.05 bits per heavy atom. The van der Waals surface area contributed by atoms with Crippen LogP contribution in [0.4, 0.5) is 5.69 Å². The van der Waals surface area contributed by atoms with Crippen molar-refractivity contribution in [3.05, 3.63) is 36.7 Å². The van der Waals surface area contributed by atoms with E-state index in [0.29, 0.717) is 19.5 Å². The van der Waals surface area contributed by atoms with Gasteiger partial charge >= 0.3 is 0 Å². The Kier molecular flexibility index (Phi) is 4.18. The minimum absolute atomic E-state index is 0.0482. The second kappa shape index (κ2) is 6.04. The quantitative estimate of drug-likeness (QED) is 0.801. The maximum atomic E-state index is 11.4. The maximum Gasteiger partial charge on any atom is 0.221 e. The molecule has 2 rings (SSSR count). The van der Waals surface area contributed by atoms with Gasteiger partial charge in [0.1, 0.15) is 0 Å². The Labute approximate surface area is 112 Å². The molecule has 1 aromatic heterocycles. The number of hydrogen-bond acceptors (Lipinski definition) is 3. The highest BCUT2D eigenvalue weighted by Crippen LogP contribution is 2.19. The molecule has 0 fully saturated rings. The van der Waals surface area contributed by atoms with E-state index in [9.17, 15) is 4.79 Å². The number of aryl methyl sites for hydroxylation is 1. The molecular weight excluding hydrogens is 240 g/mol. The number of rotatable bonds is 5. The zero-order chi connectivity index (χ0) is 13.7. The fraction of sp³-hybridized carbons (Fsp3) is 0.286. The van der Waals surface area contributed by atoms with E-state index in [2.05, 4.69) is 10.4 Å². The van der Waals surface area contributed by atoms with E-state index in [1.807, 2.05) is 37.4 Å². The molecule has 0 saturated heterocycles. The molecule has 1 heterocycles. The van der Waals surface area contributed by atoms with Crippen LogP contribution in [0, 0.1) is 0 Å². The highest BCUT2D eigenvalue weighted by atomic mass is 16.1. The molecule has 1 aromatic carbocycles. The summed E-state index contributed by atoms with van der Waals surface area (Å²) in [6.07, 6.45) is 4.17. The molecule has 0 atom stereocenters. The van der Waals surface area contributed by atoms with Crippen molar-refractivity contribution in [2.75, 3.05) is 12.3 Å². The van der Waals surface area contributed by atoms with Crippen molar-refractivity contribution >= 4 is 11.6 Å². The largest absolute Gasteiger partial charge is 0.399 e. The molecule has 0 bridgehead atoms. The number of carbonyl (C=O) groups is 1. The number of carbonyl (C=O) groups excluding carboxylic acids is 1. The standard InChI is InChI=1S/C14H18N4O/c1-2-16-14(19)7-8-18-10-12(9-17-18)11-3-5-13(15)6-4-11/h3-6,9-10H,2,7-8,15H2,1H3,(H,16,19). The van der Waals surface area contributed by atoms with Gasteiger partial charge in [-0.05, 0) is 24.6 Å². The van der Waals surface area contributed by atoms with Crippen molar-refractivity contribution < 1.29 is 4.79 Å². The van der Waals surface area contributed by atoms with Crippen molar-refractivity contribution in [3.63, 3.8) is 0 Å². The van der Waals surface area contributed by atoms with E-state index in [1.54, 1.807) is 10.9 Å². The predicted molar refractivity (Wildman–Crippen MR) is 75.4 cm³/mol. The van der Waals surface area contributed by atoms with Crippen molar-refractivity contribution in [2.45, 2.75) is 19.9 Å². The molecule has 5 nitrogen and oxygen atoms in total. The lowest BCUT2D eigenvalue weighted by Crippen LogP contribution is -2.23. The fourth-order valence-corrected chi connectivity index (χ4v) is 1.81. The van der Waals surface area contributed by atoms with Gasteiger partial charge in [-0.15, -0.1) is 0 Å². The molecular formula is C14H18N4O. The molecule has 0 aliphatic heterocycles. The third-order valence-electron chi connectivity index (χ3n) is 2.82. The summed E-state index contributed by atoms with van der Waals surface area (Å²) in [4.78, 5) is 11.4. The Balaban J connectivity index is 1.99. The first-order valence-corrected chi connectivity index (χ1v) is 6.34. The van der Waals surface area contributed by atoms with Crippen LogP contribution in [-0.4, -0.2) is 22.2 Å². The minimum Gasteiger partial charge on any atom is -0.399 e. The molecule has 5 heteroatoms. The highest BCUT2D eigenvalue weighted by molar-refractivity contribution is 5.75. The minimum atomic E-state index is 0.0482. The van der Waals surface area contributed by atoms with E-state index in [0.717, 1.165) is 16.8 Å². The third kappa shape index (κ3) is 3.58. The van der Waals surface area contributed by atoms with E-state index in [-0.39, 0.29) is 5.91 Å². The highest BCUT2D eigenvalue weighted by Gasteiger charge is 2.04. The number of benzene rings is 1. The molecule has 2 aromatic rings. The lowest BCUT2D eigenvalue weighted by Gasteiger charge is -2.02. The number of anilines is 1. The summed E-state index contributed by atoms with van der Waals surface area (Å²) in [5.41, 5.74) is 8.49. The number of hydrogen-bond donors (Lipinski definition) is 2. The molecule has 3 N–H and O–H groups in total. The number of nitrogens with two attached hydrogens (primary N) is 1. The molecule has 0 unspecified atom stereocenters. The van der Waals surface area contributed by atoms with Crippen molar-refractivity contribution in [2.24, 2.45) is 0 Å². The van der Waals surface area contributed by atoms with Gasteiger partial charge in [-0.2, -0.15) is 5.10 Å². The summed E-state index contributed by atoms with van der Waals surface area (Å²) >= 11 is 0. The summed E-state index contributed by atoms with van der Waals surface area (Å²) in [6, 6.07) is 7.64. The molecule has 19 heavy (non-hydrogen) atoms. The summed E-state index contributed by atoms with van der Waals surface area (Å²) in [5.74, 6) is 0.0482. The average molecular weight is 258 g/mol. The van der Waals surface area contributed by atoms with Crippen molar-refractivity contribution in [3.8, 4) is 11.1 Å². The van der Waals surface area contributed by atoms with E-state index in [1.165, 1.54) is 0 Å². The number of nitrogens with zero attached hydrogens (tertiary/aromatic N) is 2. The van der Waals surface area contributed by atoms with Crippen LogP contribution in [0.5, 0.6) is 0 Å². The van der Waals surface area contributed by atoms with Crippen molar-refractivity contribution in [1.29, 1.82) is 0 Å². The van der Waals surface area contributed by atoms with Crippen LogP contribution in [0.1, 0.15) is 13.3 Å². The SMILES string of the molecule is CCNC(=O)CCn1cc(-c2ccc(N)cc2)cn1. The van der Waals surface area contributed by atoms with Crippen molar-refractivity contribution in [1.82, 2.24) is 15.1 Å². The van der Waals surface area contributed by atoms with E-state index < -0.39 is 0 Å². The van der Waals surface area contributed by atoms with Gasteiger partial charge in [-0.3, -0.25) is 9.48 Å². The molecule has 0 spiro atoms. The summed E-state index contributed by atoms with van der Waals surface area (Å²) in [5, 5.41) is 7.02. The van der Waals surface area contributed by atoms with E-state index >= 15 is 0 Å². The first-order chi connectivity index (χ1) is 9.19. The first kappa shape index (κ1) is 13.1. The Hall–Kier alpha value is -2.30. The van der Waals surface area contributed by atoms with Gasteiger partial charge < -0.3 is 11.1 Å². The summed E-state index contributed by atoms with van der Waals surface area (Å²) < 4.78 is 1.78. The first-order valence-electron chi connectivity index (χ1n) is 6.34. The third-order valence-corrected chi connectivity index (χ3v) is 2.82. The van der Waals surface area contributed by atoms with Crippen LogP contribution in [0.25, 0.3) is 11.1 Å². The van der Waals surface area contributed by atoms with Crippen LogP contribution in [0.15, 0.2) is 36.7 Å². The lowest BCUT2D eigenvalue weighted by molar-refractivity contribution is -0.121. The van der Waals surface area contributed by atoms with Crippen LogP contribution in [0.3, 0.4) is 0 Å². The van der Waals surface area contributed by atoms with Gasteiger partial charge in [0.05, 0.1) is 6.20 Å². The average Bonchev–Trinajstić information content (AvgIpc) is 2.86. The van der Waals surface area contributed by atoms with Crippen LogP contribution in [-0.2, 0) is 11.3 Å². The summed E-state index contributed by atoms with van der Waals surface area (Å²) in [7, 11) is 0. The van der Waals surface area contributed by atoms with Gasteiger partial charge in [0, 0.05) is 37.0 Å². The van der Waals surface area contributed by atoms with Gasteiger partial charge in [0.15, 0.2) is 0 Å². The second-order valence-electron chi connectivity index (χ2n) is 4.32. The Morgan fingerprint density at radius 3 is 2.74 bits per heavy atom. The topological polar surface area (TPSA) is 72.9 Å². The van der Waals surface area contributed by atoms with Gasteiger partial charge in [0.2, 0.25) is 5.91 Å². The zero-order valence-corrected chi connectivity index (χ0v) is 11.0. The Bertz CT molecular complexity index is 545. The lowest BCUT2D eigenvalue weighted by atomic mass is 10.1. The number of nitrogen functional groups attached to an aromatic ring is 1. The van der Waals surface area contributed by atoms with Gasteiger partial charge in [0.25, 0.3) is 0 Å².